The molecule has 0 saturated heterocycles. The number of esters is 1. The molecule has 12 nitrogen and oxygen atoms in total. The lowest BCUT2D eigenvalue weighted by Crippen LogP contribution is -2.15. The van der Waals surface area contributed by atoms with E-state index in [-0.39, 0.29) is 12.6 Å². The van der Waals surface area contributed by atoms with Gasteiger partial charge in [-0.15, -0.1) is 6.42 Å². The first kappa shape index (κ1) is 43.6. The van der Waals surface area contributed by atoms with Gasteiger partial charge < -0.3 is 52.1 Å². The van der Waals surface area contributed by atoms with E-state index in [2.05, 4.69) is 12.8 Å². The van der Waals surface area contributed by atoms with Gasteiger partial charge in [-0.05, 0) is 6.42 Å². The summed E-state index contributed by atoms with van der Waals surface area (Å²) in [4.78, 5) is 11.7. The molecule has 0 aromatic rings. The maximum Gasteiger partial charge on any atom is 0.305 e. The van der Waals surface area contributed by atoms with Gasteiger partial charge in [-0.2, -0.15) is 0 Å². The second kappa shape index (κ2) is 40.7. The van der Waals surface area contributed by atoms with Gasteiger partial charge in [0.25, 0.3) is 0 Å². The van der Waals surface area contributed by atoms with Crippen LogP contribution in [0.2, 0.25) is 0 Å². The molecule has 0 N–H and O–H groups in total. The highest BCUT2D eigenvalue weighted by molar-refractivity contribution is 5.69. The Labute approximate surface area is 272 Å². The number of carbonyl (C=O) groups is 1. The minimum Gasteiger partial charge on any atom is -0.463 e. The van der Waals surface area contributed by atoms with Gasteiger partial charge in [0.15, 0.2) is 0 Å². The van der Waals surface area contributed by atoms with Crippen molar-refractivity contribution in [2.24, 2.45) is 0 Å². The van der Waals surface area contributed by atoms with Crippen molar-refractivity contribution in [2.75, 3.05) is 139 Å². The van der Waals surface area contributed by atoms with Crippen LogP contribution in [0.25, 0.3) is 0 Å². The summed E-state index contributed by atoms with van der Waals surface area (Å²) in [5.41, 5.74) is 0. The van der Waals surface area contributed by atoms with Gasteiger partial charge in [0.05, 0.1) is 126 Å². The second-order valence-electron chi connectivity index (χ2n) is 9.86. The average molecular weight is 651 g/mol. The molecule has 45 heavy (non-hydrogen) atoms. The molecule has 0 saturated carbocycles. The van der Waals surface area contributed by atoms with E-state index in [1.807, 2.05) is 0 Å². The number of hydrogen-bond donors (Lipinski definition) is 0. The summed E-state index contributed by atoms with van der Waals surface area (Å²) in [6.07, 6.45) is 13.9. The van der Waals surface area contributed by atoms with Crippen LogP contribution >= 0.6 is 0 Å². The molecule has 0 rings (SSSR count). The van der Waals surface area contributed by atoms with Crippen molar-refractivity contribution >= 4 is 5.97 Å². The third-order valence-electron chi connectivity index (χ3n) is 6.01. The Morgan fingerprint density at radius 2 is 0.711 bits per heavy atom. The Morgan fingerprint density at radius 3 is 1.04 bits per heavy atom. The van der Waals surface area contributed by atoms with Crippen LogP contribution < -0.4 is 0 Å². The average Bonchev–Trinajstić information content (AvgIpc) is 3.05. The normalized spacial score (nSPS) is 11.2. The number of ether oxygens (including phenoxy) is 11. The first-order chi connectivity index (χ1) is 22.3. The maximum atomic E-state index is 11.7. The van der Waals surface area contributed by atoms with E-state index in [0.29, 0.717) is 139 Å². The van der Waals surface area contributed by atoms with Crippen LogP contribution in [0.3, 0.4) is 0 Å². The molecule has 0 heterocycles. The summed E-state index contributed by atoms with van der Waals surface area (Å²) in [5.74, 6) is 2.26. The topological polar surface area (TPSA) is 119 Å². The molecule has 0 spiro atoms. The van der Waals surface area contributed by atoms with Crippen LogP contribution in [-0.4, -0.2) is 145 Å². The van der Waals surface area contributed by atoms with Gasteiger partial charge in [0, 0.05) is 6.42 Å². The molecular formula is C33H62O12. The molecule has 0 atom stereocenters. The standard InChI is InChI=1S/C33H62O12/c1-3-5-6-7-8-9-10-11-33(34)45-32-31-44-30-29-43-28-27-42-26-25-41-24-23-40-22-21-39-20-19-38-18-17-37-16-15-36-14-13-35-12-4-2/h2H,3,5-32H2,1H3. The Kier molecular flexibility index (Phi) is 39.4. The Balaban J connectivity index is 3.10. The van der Waals surface area contributed by atoms with E-state index in [1.54, 1.807) is 0 Å². The summed E-state index contributed by atoms with van der Waals surface area (Å²) < 4.78 is 59.2. The van der Waals surface area contributed by atoms with Gasteiger partial charge in [0.2, 0.25) is 0 Å². The molecule has 266 valence electrons. The van der Waals surface area contributed by atoms with E-state index in [1.165, 1.54) is 32.1 Å². The van der Waals surface area contributed by atoms with E-state index < -0.39 is 0 Å². The van der Waals surface area contributed by atoms with Crippen molar-refractivity contribution in [1.82, 2.24) is 0 Å². The SMILES string of the molecule is C#CCOCCOCCOCCOCCOCCOCCOCCOCCOCCOCCOC(=O)CCCCCCCCC. The zero-order valence-electron chi connectivity index (χ0n) is 28.0. The maximum absolute atomic E-state index is 11.7. The lowest BCUT2D eigenvalue weighted by Gasteiger charge is -2.09. The predicted octanol–water partition coefficient (Wildman–Crippen LogP) is 3.47. The summed E-state index contributed by atoms with van der Waals surface area (Å²) >= 11 is 0. The van der Waals surface area contributed by atoms with Crippen molar-refractivity contribution in [3.8, 4) is 12.3 Å². The molecule has 0 amide bonds. The first-order valence-corrected chi connectivity index (χ1v) is 16.7. The molecule has 0 radical (unpaired) electrons. The highest BCUT2D eigenvalue weighted by Gasteiger charge is 2.02. The van der Waals surface area contributed by atoms with Crippen LogP contribution in [0, 0.1) is 12.3 Å². The van der Waals surface area contributed by atoms with Crippen LogP contribution in [-0.2, 0) is 56.9 Å². The first-order valence-electron chi connectivity index (χ1n) is 16.7. The monoisotopic (exact) mass is 650 g/mol. The van der Waals surface area contributed by atoms with Gasteiger partial charge in [-0.25, -0.2) is 0 Å². The summed E-state index contributed by atoms with van der Waals surface area (Å²) in [6.45, 7) is 12.1. The van der Waals surface area contributed by atoms with Gasteiger partial charge in [-0.1, -0.05) is 51.4 Å². The third-order valence-corrected chi connectivity index (χ3v) is 6.01. The molecule has 0 aliphatic rings. The van der Waals surface area contributed by atoms with Crippen LogP contribution in [0.1, 0.15) is 58.3 Å². The molecule has 0 aliphatic heterocycles. The van der Waals surface area contributed by atoms with Crippen molar-refractivity contribution in [3.63, 3.8) is 0 Å². The quantitative estimate of drug-likeness (QED) is 0.0551. The van der Waals surface area contributed by atoms with E-state index in [4.69, 9.17) is 58.5 Å². The molecule has 0 aromatic heterocycles. The predicted molar refractivity (Wildman–Crippen MR) is 171 cm³/mol. The molecule has 12 heteroatoms. The number of hydrogen-bond acceptors (Lipinski definition) is 12. The minimum absolute atomic E-state index is 0.141. The van der Waals surface area contributed by atoms with E-state index >= 15 is 0 Å². The van der Waals surface area contributed by atoms with Crippen molar-refractivity contribution in [3.05, 3.63) is 0 Å². The van der Waals surface area contributed by atoms with Gasteiger partial charge in [-0.3, -0.25) is 4.79 Å². The summed E-state index contributed by atoms with van der Waals surface area (Å²) in [6, 6.07) is 0. The van der Waals surface area contributed by atoms with Gasteiger partial charge >= 0.3 is 5.97 Å². The number of terminal acetylenes is 1. The summed E-state index contributed by atoms with van der Waals surface area (Å²) in [5, 5.41) is 0. The summed E-state index contributed by atoms with van der Waals surface area (Å²) in [7, 11) is 0. The van der Waals surface area contributed by atoms with Crippen LogP contribution in [0.4, 0.5) is 0 Å². The Morgan fingerprint density at radius 1 is 0.422 bits per heavy atom. The van der Waals surface area contributed by atoms with Crippen LogP contribution in [0.5, 0.6) is 0 Å². The molecule has 0 aromatic carbocycles. The minimum atomic E-state index is -0.141. The zero-order valence-corrected chi connectivity index (χ0v) is 28.0. The Hall–Kier alpha value is -1.37. The fraction of sp³-hybridized carbons (Fsp3) is 0.909. The van der Waals surface area contributed by atoms with Crippen molar-refractivity contribution < 1.29 is 56.9 Å². The molecule has 0 unspecified atom stereocenters. The second-order valence-corrected chi connectivity index (χ2v) is 9.86. The van der Waals surface area contributed by atoms with Crippen molar-refractivity contribution in [2.45, 2.75) is 58.3 Å². The Bertz CT molecular complexity index is 617. The third kappa shape index (κ3) is 40.6. The number of carbonyl (C=O) groups excluding carboxylic acids is 1. The lowest BCUT2D eigenvalue weighted by atomic mass is 10.1. The van der Waals surface area contributed by atoms with Gasteiger partial charge in [0.1, 0.15) is 13.2 Å². The fourth-order valence-electron chi connectivity index (χ4n) is 3.62. The number of unbranched alkanes of at least 4 members (excludes halogenated alkanes) is 6. The van der Waals surface area contributed by atoms with Crippen LogP contribution in [0.15, 0.2) is 0 Å². The molecular weight excluding hydrogens is 588 g/mol. The highest BCUT2D eigenvalue weighted by Crippen LogP contribution is 2.08. The highest BCUT2D eigenvalue weighted by atomic mass is 16.6. The lowest BCUT2D eigenvalue weighted by molar-refractivity contribution is -0.145. The molecule has 0 aliphatic carbocycles. The van der Waals surface area contributed by atoms with E-state index in [0.717, 1.165) is 12.8 Å². The largest absolute Gasteiger partial charge is 0.463 e. The van der Waals surface area contributed by atoms with Crippen molar-refractivity contribution in [1.29, 1.82) is 0 Å². The number of rotatable bonds is 39. The van der Waals surface area contributed by atoms with E-state index in [9.17, 15) is 4.79 Å². The molecule has 0 fully saturated rings. The fourth-order valence-corrected chi connectivity index (χ4v) is 3.62. The molecule has 0 bridgehead atoms. The zero-order chi connectivity index (χ0) is 32.6. The smallest absolute Gasteiger partial charge is 0.305 e.